The molecule has 3 aromatic rings. The van der Waals surface area contributed by atoms with Gasteiger partial charge in [0.05, 0.1) is 5.56 Å². The normalized spacial score (nSPS) is 17.8. The minimum Gasteiger partial charge on any atom is -0.338 e. The first-order valence-electron chi connectivity index (χ1n) is 7.66. The van der Waals surface area contributed by atoms with Crippen molar-refractivity contribution in [2.45, 2.75) is 12.3 Å². The number of rotatable bonds is 4. The zero-order valence-corrected chi connectivity index (χ0v) is 14.4. The van der Waals surface area contributed by atoms with Gasteiger partial charge in [-0.15, -0.1) is 11.3 Å². The number of amides is 1. The summed E-state index contributed by atoms with van der Waals surface area (Å²) < 4.78 is 5.34. The smallest absolute Gasteiger partial charge is 0.258 e. The van der Waals surface area contributed by atoms with E-state index >= 15 is 0 Å². The first-order chi connectivity index (χ1) is 11.8. The number of thiophene rings is 2. The Balaban J connectivity index is 1.40. The minimum atomic E-state index is 0.0347. The number of nitrogens with zero attached hydrogens (tertiary/aromatic N) is 3. The summed E-state index contributed by atoms with van der Waals surface area (Å²) in [7, 11) is 0. The maximum atomic E-state index is 12.3. The van der Waals surface area contributed by atoms with Crippen LogP contribution in [-0.2, 0) is 4.79 Å². The van der Waals surface area contributed by atoms with Gasteiger partial charge < -0.3 is 9.42 Å². The molecule has 4 rings (SSSR count). The topological polar surface area (TPSA) is 59.2 Å². The Morgan fingerprint density at radius 1 is 1.38 bits per heavy atom. The lowest BCUT2D eigenvalue weighted by Crippen LogP contribution is -2.26. The van der Waals surface area contributed by atoms with Crippen LogP contribution in [0.1, 0.15) is 23.0 Å². The van der Waals surface area contributed by atoms with Gasteiger partial charge in [-0.05, 0) is 35.4 Å². The van der Waals surface area contributed by atoms with Crippen molar-refractivity contribution in [3.05, 3.63) is 51.1 Å². The summed E-state index contributed by atoms with van der Waals surface area (Å²) in [5.74, 6) is 1.41. The van der Waals surface area contributed by atoms with Crippen molar-refractivity contribution in [2.75, 3.05) is 13.1 Å². The molecule has 4 heterocycles. The van der Waals surface area contributed by atoms with Gasteiger partial charge in [0.25, 0.3) is 5.89 Å². The van der Waals surface area contributed by atoms with Crippen molar-refractivity contribution >= 4 is 34.7 Å². The molecule has 0 aliphatic carbocycles. The molecule has 1 saturated heterocycles. The molecular weight excluding hydrogens is 342 g/mol. The van der Waals surface area contributed by atoms with Gasteiger partial charge in [-0.1, -0.05) is 11.2 Å². The number of aromatic nitrogens is 2. The molecule has 1 atom stereocenters. The second-order valence-corrected chi connectivity index (χ2v) is 7.35. The average molecular weight is 357 g/mol. The Morgan fingerprint density at radius 2 is 2.33 bits per heavy atom. The molecular formula is C17H15N3O2S2. The second-order valence-electron chi connectivity index (χ2n) is 5.59. The molecule has 0 N–H and O–H groups in total. The second kappa shape index (κ2) is 6.70. The highest BCUT2D eigenvalue weighted by atomic mass is 32.1. The fraction of sp³-hybridized carbons (Fsp3) is 0.235. The largest absolute Gasteiger partial charge is 0.338 e. The van der Waals surface area contributed by atoms with Crippen LogP contribution in [0.2, 0.25) is 0 Å². The summed E-state index contributed by atoms with van der Waals surface area (Å²) >= 11 is 3.21. The summed E-state index contributed by atoms with van der Waals surface area (Å²) in [5.41, 5.74) is 0.948. The van der Waals surface area contributed by atoms with Crippen LogP contribution in [0.25, 0.3) is 17.5 Å². The molecule has 0 spiro atoms. The first kappa shape index (κ1) is 15.3. The lowest BCUT2D eigenvalue weighted by molar-refractivity contribution is -0.124. The highest BCUT2D eigenvalue weighted by molar-refractivity contribution is 7.10. The van der Waals surface area contributed by atoms with Crippen LogP contribution in [0.15, 0.2) is 44.9 Å². The van der Waals surface area contributed by atoms with Crippen LogP contribution >= 0.6 is 22.7 Å². The van der Waals surface area contributed by atoms with E-state index in [0.29, 0.717) is 18.3 Å². The highest BCUT2D eigenvalue weighted by Gasteiger charge is 2.29. The molecule has 1 aliphatic heterocycles. The van der Waals surface area contributed by atoms with Gasteiger partial charge in [-0.3, -0.25) is 4.79 Å². The first-order valence-corrected chi connectivity index (χ1v) is 9.48. The van der Waals surface area contributed by atoms with Crippen LogP contribution in [0.3, 0.4) is 0 Å². The van der Waals surface area contributed by atoms with E-state index in [4.69, 9.17) is 4.52 Å². The lowest BCUT2D eigenvalue weighted by atomic mass is 10.1. The van der Waals surface area contributed by atoms with E-state index in [1.165, 1.54) is 0 Å². The minimum absolute atomic E-state index is 0.0347. The molecule has 0 saturated carbocycles. The summed E-state index contributed by atoms with van der Waals surface area (Å²) in [6.07, 6.45) is 4.37. The van der Waals surface area contributed by atoms with Crippen molar-refractivity contribution in [3.63, 3.8) is 0 Å². The number of hydrogen-bond acceptors (Lipinski definition) is 6. The SMILES string of the molecule is O=C(C=Cc1cccs1)N1CCC(c2noc(-c3ccsc3)n2)C1. The molecule has 7 heteroatoms. The molecule has 1 amide bonds. The maximum absolute atomic E-state index is 12.3. The lowest BCUT2D eigenvalue weighted by Gasteiger charge is -2.12. The Hall–Kier alpha value is -2.25. The number of hydrogen-bond donors (Lipinski definition) is 0. The van der Waals surface area contributed by atoms with Crippen LogP contribution < -0.4 is 0 Å². The van der Waals surface area contributed by atoms with E-state index in [9.17, 15) is 4.79 Å². The third-order valence-corrected chi connectivity index (χ3v) is 5.53. The monoisotopic (exact) mass is 357 g/mol. The third-order valence-electron chi connectivity index (χ3n) is 4.01. The van der Waals surface area contributed by atoms with Gasteiger partial charge in [0.2, 0.25) is 5.91 Å². The van der Waals surface area contributed by atoms with Crippen molar-refractivity contribution in [1.82, 2.24) is 15.0 Å². The van der Waals surface area contributed by atoms with Gasteiger partial charge >= 0.3 is 0 Å². The summed E-state index contributed by atoms with van der Waals surface area (Å²) in [6, 6.07) is 5.93. The molecule has 0 bridgehead atoms. The Labute approximate surface area is 147 Å². The predicted molar refractivity (Wildman–Crippen MR) is 94.9 cm³/mol. The molecule has 122 valence electrons. The van der Waals surface area contributed by atoms with Crippen molar-refractivity contribution < 1.29 is 9.32 Å². The molecule has 1 fully saturated rings. The standard InChI is InChI=1S/C17H15N3O2S2/c21-15(4-3-14-2-1-8-24-14)20-7-5-12(10-20)16-18-17(22-19-16)13-6-9-23-11-13/h1-4,6,8-9,11-12H,5,7,10H2. The predicted octanol–water partition coefficient (Wildman–Crippen LogP) is 3.89. The molecule has 0 aromatic carbocycles. The van der Waals surface area contributed by atoms with Gasteiger partial charge in [0.1, 0.15) is 0 Å². The van der Waals surface area contributed by atoms with Gasteiger partial charge in [0.15, 0.2) is 5.82 Å². The van der Waals surface area contributed by atoms with E-state index in [1.54, 1.807) is 28.7 Å². The van der Waals surface area contributed by atoms with E-state index < -0.39 is 0 Å². The summed E-state index contributed by atoms with van der Waals surface area (Å²) in [6.45, 7) is 1.36. The fourth-order valence-corrected chi connectivity index (χ4v) is 3.97. The fourth-order valence-electron chi connectivity index (χ4n) is 2.72. The van der Waals surface area contributed by atoms with Gasteiger partial charge in [-0.2, -0.15) is 16.3 Å². The molecule has 3 aromatic heterocycles. The summed E-state index contributed by atoms with van der Waals surface area (Å²) in [5, 5.41) is 10.1. The van der Waals surface area contributed by atoms with E-state index in [-0.39, 0.29) is 11.8 Å². The maximum Gasteiger partial charge on any atom is 0.258 e. The number of carbonyl (C=O) groups is 1. The average Bonchev–Trinajstić information content (AvgIpc) is 3.40. The van der Waals surface area contributed by atoms with Crippen LogP contribution in [0, 0.1) is 0 Å². The van der Waals surface area contributed by atoms with E-state index in [2.05, 4.69) is 10.1 Å². The van der Waals surface area contributed by atoms with Crippen LogP contribution in [0.5, 0.6) is 0 Å². The molecule has 24 heavy (non-hydrogen) atoms. The number of carbonyl (C=O) groups excluding carboxylic acids is 1. The molecule has 1 unspecified atom stereocenters. The van der Waals surface area contributed by atoms with Gasteiger partial charge in [0, 0.05) is 35.3 Å². The van der Waals surface area contributed by atoms with Crippen LogP contribution in [-0.4, -0.2) is 34.0 Å². The molecule has 5 nitrogen and oxygen atoms in total. The molecule has 1 aliphatic rings. The van der Waals surface area contributed by atoms with Gasteiger partial charge in [-0.25, -0.2) is 0 Å². The van der Waals surface area contributed by atoms with E-state index in [0.717, 1.165) is 23.4 Å². The quantitative estimate of drug-likeness (QED) is 0.665. The number of likely N-dealkylation sites (tertiary alicyclic amines) is 1. The zero-order chi connectivity index (χ0) is 16.4. The van der Waals surface area contributed by atoms with Crippen LogP contribution in [0.4, 0.5) is 0 Å². The summed E-state index contributed by atoms with van der Waals surface area (Å²) in [4.78, 5) is 19.7. The molecule has 0 radical (unpaired) electrons. The van der Waals surface area contributed by atoms with Crippen molar-refractivity contribution in [2.24, 2.45) is 0 Å². The van der Waals surface area contributed by atoms with Crippen molar-refractivity contribution in [1.29, 1.82) is 0 Å². The Bertz CT molecular complexity index is 837. The zero-order valence-electron chi connectivity index (χ0n) is 12.8. The third kappa shape index (κ3) is 3.18. The highest BCUT2D eigenvalue weighted by Crippen LogP contribution is 2.28. The Kier molecular flexibility index (Phi) is 4.27. The van der Waals surface area contributed by atoms with E-state index in [1.807, 2.05) is 45.3 Å². The van der Waals surface area contributed by atoms with Crippen molar-refractivity contribution in [3.8, 4) is 11.5 Å². The Morgan fingerprint density at radius 3 is 3.12 bits per heavy atom.